The Morgan fingerprint density at radius 1 is 1.23 bits per heavy atom. The number of ether oxygens (including phenoxy) is 1. The number of amides is 1. The van der Waals surface area contributed by atoms with Crippen molar-refractivity contribution in [1.29, 1.82) is 5.26 Å². The molecule has 8 heteroatoms. The van der Waals surface area contributed by atoms with E-state index < -0.39 is 24.1 Å². The molecular weight excluding hydrogens is 352 g/mol. The molecule has 0 N–H and O–H groups in total. The summed E-state index contributed by atoms with van der Waals surface area (Å²) in [4.78, 5) is 14.1. The van der Waals surface area contributed by atoms with Crippen molar-refractivity contribution in [3.63, 3.8) is 0 Å². The SMILES string of the molecule is CC(c1ccc(OC(F)(F)F)cc1)N1Cc2cc(F)cc(C#N)c2C1=O. The van der Waals surface area contributed by atoms with Gasteiger partial charge in [-0.15, -0.1) is 13.2 Å². The van der Waals surface area contributed by atoms with E-state index >= 15 is 0 Å². The van der Waals surface area contributed by atoms with E-state index in [2.05, 4.69) is 4.74 Å². The Balaban J connectivity index is 1.84. The quantitative estimate of drug-likeness (QED) is 0.763. The highest BCUT2D eigenvalue weighted by Gasteiger charge is 2.34. The lowest BCUT2D eigenvalue weighted by atomic mass is 10.0. The van der Waals surface area contributed by atoms with Gasteiger partial charge in [0.1, 0.15) is 17.6 Å². The third-order valence-electron chi connectivity index (χ3n) is 4.18. The molecule has 1 amide bonds. The number of hydrogen-bond donors (Lipinski definition) is 0. The molecule has 1 aliphatic rings. The van der Waals surface area contributed by atoms with Crippen LogP contribution in [0.5, 0.6) is 5.75 Å². The van der Waals surface area contributed by atoms with Crippen LogP contribution >= 0.6 is 0 Å². The average molecular weight is 364 g/mol. The van der Waals surface area contributed by atoms with Crippen LogP contribution in [0.15, 0.2) is 36.4 Å². The smallest absolute Gasteiger partial charge is 0.406 e. The molecule has 1 aliphatic heterocycles. The van der Waals surface area contributed by atoms with E-state index in [1.165, 1.54) is 23.1 Å². The summed E-state index contributed by atoms with van der Waals surface area (Å²) >= 11 is 0. The van der Waals surface area contributed by atoms with E-state index in [0.717, 1.165) is 18.2 Å². The zero-order valence-corrected chi connectivity index (χ0v) is 13.5. The summed E-state index contributed by atoms with van der Waals surface area (Å²) < 4.78 is 54.1. The molecule has 3 rings (SSSR count). The van der Waals surface area contributed by atoms with E-state index in [0.29, 0.717) is 11.1 Å². The molecular formula is C18H12F4N2O2. The summed E-state index contributed by atoms with van der Waals surface area (Å²) in [5.41, 5.74) is 1.13. The van der Waals surface area contributed by atoms with Crippen molar-refractivity contribution in [3.8, 4) is 11.8 Å². The minimum Gasteiger partial charge on any atom is -0.406 e. The highest BCUT2D eigenvalue weighted by atomic mass is 19.4. The van der Waals surface area contributed by atoms with Gasteiger partial charge in [0.2, 0.25) is 0 Å². The Morgan fingerprint density at radius 3 is 2.46 bits per heavy atom. The van der Waals surface area contributed by atoms with E-state index in [9.17, 15) is 22.4 Å². The molecule has 2 aromatic rings. The first-order chi connectivity index (χ1) is 12.2. The van der Waals surface area contributed by atoms with Crippen LogP contribution in [-0.2, 0) is 6.54 Å². The number of rotatable bonds is 3. The van der Waals surface area contributed by atoms with Gasteiger partial charge in [-0.3, -0.25) is 4.79 Å². The fourth-order valence-electron chi connectivity index (χ4n) is 2.97. The van der Waals surface area contributed by atoms with Crippen LogP contribution in [0.3, 0.4) is 0 Å². The van der Waals surface area contributed by atoms with Crippen molar-refractivity contribution in [3.05, 3.63) is 64.5 Å². The zero-order valence-electron chi connectivity index (χ0n) is 13.5. The van der Waals surface area contributed by atoms with Crippen molar-refractivity contribution in [2.45, 2.75) is 25.9 Å². The van der Waals surface area contributed by atoms with Gasteiger partial charge in [-0.25, -0.2) is 4.39 Å². The third kappa shape index (κ3) is 3.33. The lowest BCUT2D eigenvalue weighted by Gasteiger charge is -2.25. The number of alkyl halides is 3. The first-order valence-corrected chi connectivity index (χ1v) is 7.59. The molecule has 1 heterocycles. The summed E-state index contributed by atoms with van der Waals surface area (Å²) in [5, 5.41) is 9.12. The first-order valence-electron chi connectivity index (χ1n) is 7.59. The fourth-order valence-corrected chi connectivity index (χ4v) is 2.97. The van der Waals surface area contributed by atoms with Crippen molar-refractivity contribution in [2.75, 3.05) is 0 Å². The van der Waals surface area contributed by atoms with Gasteiger partial charge >= 0.3 is 6.36 Å². The highest BCUT2D eigenvalue weighted by molar-refractivity contribution is 6.00. The molecule has 0 radical (unpaired) electrons. The Kier molecular flexibility index (Phi) is 4.32. The van der Waals surface area contributed by atoms with Crippen LogP contribution in [0, 0.1) is 17.1 Å². The molecule has 4 nitrogen and oxygen atoms in total. The number of benzene rings is 2. The van der Waals surface area contributed by atoms with E-state index in [4.69, 9.17) is 5.26 Å². The average Bonchev–Trinajstić information content (AvgIpc) is 2.89. The van der Waals surface area contributed by atoms with E-state index in [-0.39, 0.29) is 23.4 Å². The van der Waals surface area contributed by atoms with Crippen molar-refractivity contribution < 1.29 is 27.1 Å². The lowest BCUT2D eigenvalue weighted by Crippen LogP contribution is -2.27. The number of fused-ring (bicyclic) bond motifs is 1. The van der Waals surface area contributed by atoms with Crippen molar-refractivity contribution in [2.24, 2.45) is 0 Å². The minimum atomic E-state index is -4.78. The summed E-state index contributed by atoms with van der Waals surface area (Å²) in [6, 6.07) is 8.72. The summed E-state index contributed by atoms with van der Waals surface area (Å²) in [6.07, 6.45) is -4.78. The Bertz CT molecular complexity index is 901. The molecule has 0 aliphatic carbocycles. The molecule has 0 saturated carbocycles. The van der Waals surface area contributed by atoms with Crippen LogP contribution in [0.2, 0.25) is 0 Å². The molecule has 1 atom stereocenters. The van der Waals surface area contributed by atoms with Gasteiger partial charge < -0.3 is 9.64 Å². The summed E-state index contributed by atoms with van der Waals surface area (Å²) in [6.45, 7) is 1.81. The van der Waals surface area contributed by atoms with Crippen LogP contribution in [0.1, 0.15) is 40.0 Å². The molecule has 2 aromatic carbocycles. The number of carbonyl (C=O) groups is 1. The number of carbonyl (C=O) groups excluding carboxylic acids is 1. The van der Waals surface area contributed by atoms with Crippen LogP contribution < -0.4 is 4.74 Å². The predicted octanol–water partition coefficient (Wildman–Crippen LogP) is 4.31. The standard InChI is InChI=1S/C18H12F4N2O2/c1-10(11-2-4-15(5-3-11)26-18(20,21)22)24-9-13-7-14(19)6-12(8-23)16(13)17(24)25/h2-7,10H,9H2,1H3. The summed E-state index contributed by atoms with van der Waals surface area (Å²) in [5.74, 6) is -1.38. The second-order valence-electron chi connectivity index (χ2n) is 5.83. The van der Waals surface area contributed by atoms with Gasteiger partial charge in [0.05, 0.1) is 17.2 Å². The largest absolute Gasteiger partial charge is 0.573 e. The Hall–Kier alpha value is -3.08. The Morgan fingerprint density at radius 2 is 1.88 bits per heavy atom. The highest BCUT2D eigenvalue weighted by Crippen LogP contribution is 2.34. The van der Waals surface area contributed by atoms with Crippen molar-refractivity contribution in [1.82, 2.24) is 4.90 Å². The molecule has 1 unspecified atom stereocenters. The number of nitriles is 1. The van der Waals surface area contributed by atoms with Crippen LogP contribution in [-0.4, -0.2) is 17.2 Å². The monoisotopic (exact) mass is 364 g/mol. The van der Waals surface area contributed by atoms with Crippen LogP contribution in [0.25, 0.3) is 0 Å². The number of halogens is 4. The van der Waals surface area contributed by atoms with Gasteiger partial charge in [-0.05, 0) is 42.3 Å². The van der Waals surface area contributed by atoms with Gasteiger partial charge in [0, 0.05) is 6.54 Å². The minimum absolute atomic E-state index is 0.0337. The normalized spacial score (nSPS) is 14.8. The topological polar surface area (TPSA) is 53.3 Å². The molecule has 26 heavy (non-hydrogen) atoms. The fraction of sp³-hybridized carbons (Fsp3) is 0.222. The maximum absolute atomic E-state index is 13.6. The van der Waals surface area contributed by atoms with Crippen LogP contribution in [0.4, 0.5) is 17.6 Å². The van der Waals surface area contributed by atoms with E-state index in [1.54, 1.807) is 6.92 Å². The Labute approximate surface area is 146 Å². The molecule has 0 aromatic heterocycles. The second kappa shape index (κ2) is 6.33. The van der Waals surface area contributed by atoms with Gasteiger partial charge in [-0.1, -0.05) is 12.1 Å². The van der Waals surface area contributed by atoms with Gasteiger partial charge in [-0.2, -0.15) is 5.26 Å². The van der Waals surface area contributed by atoms with E-state index in [1.807, 2.05) is 6.07 Å². The van der Waals surface area contributed by atoms with Gasteiger partial charge in [0.25, 0.3) is 5.91 Å². The molecule has 0 spiro atoms. The first kappa shape index (κ1) is 17.7. The number of hydrogen-bond acceptors (Lipinski definition) is 3. The van der Waals surface area contributed by atoms with Gasteiger partial charge in [0.15, 0.2) is 0 Å². The third-order valence-corrected chi connectivity index (χ3v) is 4.18. The maximum Gasteiger partial charge on any atom is 0.573 e. The molecule has 134 valence electrons. The maximum atomic E-state index is 13.6. The van der Waals surface area contributed by atoms with Crippen molar-refractivity contribution >= 4 is 5.91 Å². The zero-order chi connectivity index (χ0) is 19.1. The molecule has 0 bridgehead atoms. The summed E-state index contributed by atoms with van der Waals surface area (Å²) in [7, 11) is 0. The molecule has 0 saturated heterocycles. The lowest BCUT2D eigenvalue weighted by molar-refractivity contribution is -0.274. The molecule has 0 fully saturated rings. The second-order valence-corrected chi connectivity index (χ2v) is 5.83. The number of nitrogens with zero attached hydrogens (tertiary/aromatic N) is 2. The predicted molar refractivity (Wildman–Crippen MR) is 82.5 cm³/mol.